The molecular weight excluding hydrogens is 362 g/mol. The van der Waals surface area contributed by atoms with Gasteiger partial charge in [0.1, 0.15) is 4.90 Å². The smallest absolute Gasteiger partial charge is 0.244 e. The molecule has 4 nitrogen and oxygen atoms in total. The molecule has 0 radical (unpaired) electrons. The molecule has 0 amide bonds. The van der Waals surface area contributed by atoms with Crippen molar-refractivity contribution >= 4 is 45.6 Å². The zero-order valence-electron chi connectivity index (χ0n) is 10.9. The van der Waals surface area contributed by atoms with Crippen LogP contribution in [0.4, 0.5) is 4.39 Å². The van der Waals surface area contributed by atoms with Gasteiger partial charge in [0.15, 0.2) is 5.82 Å². The maximum absolute atomic E-state index is 13.7. The molecule has 21 heavy (non-hydrogen) atoms. The number of halogens is 4. The molecule has 2 saturated heterocycles. The van der Waals surface area contributed by atoms with E-state index in [2.05, 4.69) is 5.32 Å². The molecule has 1 aromatic carbocycles. The van der Waals surface area contributed by atoms with Crippen LogP contribution in [-0.2, 0) is 10.0 Å². The van der Waals surface area contributed by atoms with E-state index in [1.54, 1.807) is 0 Å². The van der Waals surface area contributed by atoms with E-state index >= 15 is 0 Å². The summed E-state index contributed by atoms with van der Waals surface area (Å²) in [6.07, 6.45) is 0. The van der Waals surface area contributed by atoms with E-state index in [4.69, 9.17) is 23.2 Å². The molecule has 0 saturated carbocycles. The maximum Gasteiger partial charge on any atom is 0.244 e. The lowest BCUT2D eigenvalue weighted by molar-refractivity contribution is 0.447. The second-order valence-electron chi connectivity index (χ2n) is 5.17. The molecule has 0 aliphatic carbocycles. The third-order valence-corrected chi connectivity index (χ3v) is 6.62. The second-order valence-corrected chi connectivity index (χ2v) is 7.87. The Morgan fingerprint density at radius 2 is 1.76 bits per heavy atom. The van der Waals surface area contributed by atoms with E-state index in [1.807, 2.05) is 0 Å². The van der Waals surface area contributed by atoms with Gasteiger partial charge in [0.05, 0.1) is 10.0 Å². The predicted octanol–water partition coefficient (Wildman–Crippen LogP) is 2.39. The third kappa shape index (κ3) is 2.90. The molecule has 2 aliphatic rings. The largest absolute Gasteiger partial charge is 0.316 e. The van der Waals surface area contributed by atoms with E-state index in [0.29, 0.717) is 24.9 Å². The fourth-order valence-electron chi connectivity index (χ4n) is 2.86. The Bertz CT molecular complexity index is 644. The summed E-state index contributed by atoms with van der Waals surface area (Å²) < 4.78 is 40.2. The minimum atomic E-state index is -3.78. The molecule has 0 aromatic heterocycles. The summed E-state index contributed by atoms with van der Waals surface area (Å²) in [5.74, 6) is -0.253. The molecule has 2 fully saturated rings. The van der Waals surface area contributed by atoms with Crippen LogP contribution >= 0.6 is 35.6 Å². The zero-order chi connectivity index (χ0) is 14.5. The number of sulfonamides is 1. The van der Waals surface area contributed by atoms with Crippen LogP contribution in [0.2, 0.25) is 10.0 Å². The molecule has 9 heteroatoms. The van der Waals surface area contributed by atoms with Gasteiger partial charge in [-0.05, 0) is 37.1 Å². The molecule has 2 atom stereocenters. The highest BCUT2D eigenvalue weighted by atomic mass is 35.5. The quantitative estimate of drug-likeness (QED) is 0.808. The SMILES string of the molecule is Cl.O=S(=O)(c1ccc(Cl)c(F)c1Cl)N1C[C@H]2CNC[C@H]2C1. The first-order valence-electron chi connectivity index (χ1n) is 6.25. The minimum Gasteiger partial charge on any atom is -0.316 e. The van der Waals surface area contributed by atoms with E-state index in [9.17, 15) is 12.8 Å². The van der Waals surface area contributed by atoms with Crippen LogP contribution in [0.3, 0.4) is 0 Å². The molecule has 1 aromatic rings. The first kappa shape index (κ1) is 17.2. The van der Waals surface area contributed by atoms with E-state index < -0.39 is 20.9 Å². The molecule has 0 spiro atoms. The van der Waals surface area contributed by atoms with Crippen molar-refractivity contribution < 1.29 is 12.8 Å². The lowest BCUT2D eigenvalue weighted by Gasteiger charge is -2.18. The molecule has 118 valence electrons. The average molecular weight is 376 g/mol. The summed E-state index contributed by atoms with van der Waals surface area (Å²) in [5.41, 5.74) is 0. The molecule has 0 bridgehead atoms. The summed E-state index contributed by atoms with van der Waals surface area (Å²) in [7, 11) is -3.78. The van der Waals surface area contributed by atoms with Gasteiger partial charge >= 0.3 is 0 Å². The Labute approximate surface area is 139 Å². The van der Waals surface area contributed by atoms with Crippen LogP contribution in [0.5, 0.6) is 0 Å². The van der Waals surface area contributed by atoms with E-state index in [0.717, 1.165) is 13.1 Å². The normalized spacial score (nSPS) is 25.7. The maximum atomic E-state index is 13.7. The van der Waals surface area contributed by atoms with Crippen molar-refractivity contribution in [2.75, 3.05) is 26.2 Å². The van der Waals surface area contributed by atoms with Crippen LogP contribution in [0.15, 0.2) is 17.0 Å². The van der Waals surface area contributed by atoms with Gasteiger partial charge in [-0.25, -0.2) is 12.8 Å². The molecular formula is C12H14Cl3FN2O2S. The number of nitrogens with one attached hydrogen (secondary N) is 1. The summed E-state index contributed by atoms with van der Waals surface area (Å²) in [6.45, 7) is 2.53. The topological polar surface area (TPSA) is 49.4 Å². The van der Waals surface area contributed by atoms with Gasteiger partial charge in [-0.15, -0.1) is 12.4 Å². The monoisotopic (exact) mass is 374 g/mol. The van der Waals surface area contributed by atoms with Crippen molar-refractivity contribution in [2.45, 2.75) is 4.90 Å². The molecule has 0 unspecified atom stereocenters. The summed E-state index contributed by atoms with van der Waals surface area (Å²) >= 11 is 11.4. The first-order chi connectivity index (χ1) is 9.41. The number of fused-ring (bicyclic) bond motifs is 1. The van der Waals surface area contributed by atoms with Crippen molar-refractivity contribution in [1.82, 2.24) is 9.62 Å². The average Bonchev–Trinajstić information content (AvgIpc) is 2.96. The number of hydrogen-bond donors (Lipinski definition) is 1. The van der Waals surface area contributed by atoms with Crippen LogP contribution in [0.25, 0.3) is 0 Å². The van der Waals surface area contributed by atoms with E-state index in [-0.39, 0.29) is 22.3 Å². The Morgan fingerprint density at radius 1 is 1.19 bits per heavy atom. The Morgan fingerprint density at radius 3 is 2.33 bits per heavy atom. The van der Waals surface area contributed by atoms with Gasteiger partial charge in [-0.2, -0.15) is 4.31 Å². The van der Waals surface area contributed by atoms with Gasteiger partial charge in [-0.3, -0.25) is 0 Å². The molecule has 3 rings (SSSR count). The van der Waals surface area contributed by atoms with Crippen molar-refractivity contribution in [1.29, 1.82) is 0 Å². The Hall–Kier alpha value is -0.110. The molecule has 2 heterocycles. The summed E-state index contributed by atoms with van der Waals surface area (Å²) in [6, 6.07) is 2.48. The third-order valence-electron chi connectivity index (χ3n) is 3.97. The highest BCUT2D eigenvalue weighted by molar-refractivity contribution is 7.89. The van der Waals surface area contributed by atoms with Gasteiger partial charge in [-0.1, -0.05) is 23.2 Å². The van der Waals surface area contributed by atoms with Crippen molar-refractivity contribution in [2.24, 2.45) is 11.8 Å². The van der Waals surface area contributed by atoms with Crippen LogP contribution < -0.4 is 5.32 Å². The van der Waals surface area contributed by atoms with E-state index in [1.165, 1.54) is 16.4 Å². The van der Waals surface area contributed by atoms with Gasteiger partial charge in [0.2, 0.25) is 10.0 Å². The minimum absolute atomic E-state index is 0. The van der Waals surface area contributed by atoms with Crippen molar-refractivity contribution in [3.05, 3.63) is 28.0 Å². The Balaban J connectivity index is 0.00000161. The van der Waals surface area contributed by atoms with Crippen LogP contribution in [0, 0.1) is 17.7 Å². The lowest BCUT2D eigenvalue weighted by Crippen LogP contribution is -2.32. The van der Waals surface area contributed by atoms with Crippen molar-refractivity contribution in [3.63, 3.8) is 0 Å². The molecule has 1 N–H and O–H groups in total. The first-order valence-corrected chi connectivity index (χ1v) is 8.45. The number of benzene rings is 1. The van der Waals surface area contributed by atoms with Crippen LogP contribution in [0.1, 0.15) is 0 Å². The Kier molecular flexibility index (Phi) is 5.08. The van der Waals surface area contributed by atoms with Gasteiger partial charge in [0, 0.05) is 13.1 Å². The lowest BCUT2D eigenvalue weighted by atomic mass is 10.0. The van der Waals surface area contributed by atoms with Crippen molar-refractivity contribution in [3.8, 4) is 0 Å². The predicted molar refractivity (Wildman–Crippen MR) is 82.3 cm³/mol. The second kappa shape index (κ2) is 6.18. The summed E-state index contributed by atoms with van der Waals surface area (Å²) in [5, 5.41) is 2.62. The highest BCUT2D eigenvalue weighted by Crippen LogP contribution is 2.35. The molecule has 2 aliphatic heterocycles. The fourth-order valence-corrected chi connectivity index (χ4v) is 5.13. The highest BCUT2D eigenvalue weighted by Gasteiger charge is 2.42. The van der Waals surface area contributed by atoms with Gasteiger partial charge < -0.3 is 5.32 Å². The van der Waals surface area contributed by atoms with Gasteiger partial charge in [0.25, 0.3) is 0 Å². The fraction of sp³-hybridized carbons (Fsp3) is 0.500. The number of rotatable bonds is 2. The number of nitrogens with zero attached hydrogens (tertiary/aromatic N) is 1. The summed E-state index contributed by atoms with van der Waals surface area (Å²) in [4.78, 5) is -0.214. The standard InChI is InChI=1S/C12H13Cl2FN2O2S.ClH/c13-9-1-2-10(11(14)12(9)15)20(18,19)17-5-7-3-16-4-8(7)6-17;/h1-2,7-8,16H,3-6H2;1H/t7-,8+;. The number of hydrogen-bond acceptors (Lipinski definition) is 3. The van der Waals surface area contributed by atoms with Crippen LogP contribution in [-0.4, -0.2) is 38.9 Å². The zero-order valence-corrected chi connectivity index (χ0v) is 14.0.